The first kappa shape index (κ1) is 18.8. The first-order valence-corrected chi connectivity index (χ1v) is 8.15. The minimum absolute atomic E-state index is 0.0169. The number of nitrogens with one attached hydrogen (secondary N) is 2. The van der Waals surface area contributed by atoms with Crippen molar-refractivity contribution < 1.29 is 14.3 Å². The van der Waals surface area contributed by atoms with Gasteiger partial charge < -0.3 is 15.4 Å². The molecule has 132 valence electrons. The fourth-order valence-electron chi connectivity index (χ4n) is 2.20. The van der Waals surface area contributed by atoms with E-state index < -0.39 is 11.8 Å². The topological polar surface area (TPSA) is 67.4 Å². The Bertz CT molecular complexity index is 780. The van der Waals surface area contributed by atoms with E-state index in [1.54, 1.807) is 24.3 Å². The van der Waals surface area contributed by atoms with Gasteiger partial charge in [-0.1, -0.05) is 44.5 Å². The highest BCUT2D eigenvalue weighted by atomic mass is 35.5. The summed E-state index contributed by atoms with van der Waals surface area (Å²) in [7, 11) is 1.47. The highest BCUT2D eigenvalue weighted by molar-refractivity contribution is 6.44. The van der Waals surface area contributed by atoms with E-state index in [1.807, 2.05) is 12.1 Å². The van der Waals surface area contributed by atoms with Gasteiger partial charge in [0.05, 0.1) is 12.8 Å². The summed E-state index contributed by atoms with van der Waals surface area (Å²) in [6.07, 6.45) is 0. The fraction of sp³-hybridized carbons (Fsp3) is 0.263. The molecule has 2 amide bonds. The van der Waals surface area contributed by atoms with E-state index in [2.05, 4.69) is 31.4 Å². The van der Waals surface area contributed by atoms with Crippen LogP contribution in [0, 0.1) is 0 Å². The highest BCUT2D eigenvalue weighted by Gasteiger charge is 2.17. The van der Waals surface area contributed by atoms with Gasteiger partial charge in [-0.3, -0.25) is 9.59 Å². The van der Waals surface area contributed by atoms with Crippen molar-refractivity contribution in [2.45, 2.75) is 26.2 Å². The molecule has 0 aliphatic carbocycles. The van der Waals surface area contributed by atoms with Gasteiger partial charge in [-0.15, -0.1) is 0 Å². The highest BCUT2D eigenvalue weighted by Crippen LogP contribution is 2.27. The van der Waals surface area contributed by atoms with Gasteiger partial charge in [0.2, 0.25) is 0 Å². The minimum atomic E-state index is -0.805. The molecule has 0 radical (unpaired) electrons. The third-order valence-corrected chi connectivity index (χ3v) is 3.86. The van der Waals surface area contributed by atoms with Gasteiger partial charge in [0.1, 0.15) is 5.75 Å². The van der Waals surface area contributed by atoms with Crippen molar-refractivity contribution in [2.24, 2.45) is 0 Å². The maximum atomic E-state index is 12.1. The lowest BCUT2D eigenvalue weighted by atomic mass is 9.87. The summed E-state index contributed by atoms with van der Waals surface area (Å²) in [5, 5.41) is 5.49. The molecule has 0 aliphatic rings. The van der Waals surface area contributed by atoms with Gasteiger partial charge in [0.25, 0.3) is 0 Å². The average Bonchev–Trinajstić information content (AvgIpc) is 2.54. The summed E-state index contributed by atoms with van der Waals surface area (Å²) in [5.41, 5.74) is 2.03. The van der Waals surface area contributed by atoms with Crippen LogP contribution in [0.1, 0.15) is 26.3 Å². The number of anilines is 2. The molecule has 0 atom stereocenters. The van der Waals surface area contributed by atoms with Crippen LogP contribution in [-0.4, -0.2) is 18.9 Å². The average molecular weight is 361 g/mol. The Kier molecular flexibility index (Phi) is 5.69. The van der Waals surface area contributed by atoms with Crippen LogP contribution in [0.5, 0.6) is 5.75 Å². The summed E-state index contributed by atoms with van der Waals surface area (Å²) in [6.45, 7) is 6.31. The summed E-state index contributed by atoms with van der Waals surface area (Å²) >= 11 is 5.91. The van der Waals surface area contributed by atoms with Crippen molar-refractivity contribution in [2.75, 3.05) is 17.7 Å². The van der Waals surface area contributed by atoms with Gasteiger partial charge in [-0.25, -0.2) is 0 Å². The summed E-state index contributed by atoms with van der Waals surface area (Å²) < 4.78 is 5.14. The number of carbonyl (C=O) groups is 2. The zero-order valence-electron chi connectivity index (χ0n) is 14.6. The van der Waals surface area contributed by atoms with Crippen LogP contribution in [0.25, 0.3) is 0 Å². The smallest absolute Gasteiger partial charge is 0.314 e. The largest absolute Gasteiger partial charge is 0.495 e. The second kappa shape index (κ2) is 7.57. The first-order valence-electron chi connectivity index (χ1n) is 7.77. The first-order chi connectivity index (χ1) is 11.7. The third kappa shape index (κ3) is 4.97. The van der Waals surface area contributed by atoms with E-state index in [9.17, 15) is 9.59 Å². The number of methoxy groups -OCH3 is 1. The van der Waals surface area contributed by atoms with Crippen LogP contribution in [0.4, 0.5) is 11.4 Å². The minimum Gasteiger partial charge on any atom is -0.495 e. The van der Waals surface area contributed by atoms with Crippen LogP contribution in [0.15, 0.2) is 42.5 Å². The molecule has 2 aromatic carbocycles. The van der Waals surface area contributed by atoms with Crippen LogP contribution in [-0.2, 0) is 15.0 Å². The number of benzene rings is 2. The molecule has 25 heavy (non-hydrogen) atoms. The second-order valence-electron chi connectivity index (χ2n) is 6.58. The number of halogens is 1. The molecule has 0 aromatic heterocycles. The number of hydrogen-bond donors (Lipinski definition) is 2. The molecule has 0 spiro atoms. The molecule has 2 rings (SSSR count). The van der Waals surface area contributed by atoms with E-state index in [0.717, 1.165) is 5.56 Å². The van der Waals surface area contributed by atoms with E-state index in [4.69, 9.17) is 16.3 Å². The predicted molar refractivity (Wildman–Crippen MR) is 100 cm³/mol. The number of hydrogen-bond acceptors (Lipinski definition) is 3. The Labute approximate surface area is 152 Å². The Morgan fingerprint density at radius 1 is 0.960 bits per heavy atom. The van der Waals surface area contributed by atoms with Crippen molar-refractivity contribution >= 4 is 34.8 Å². The molecule has 0 heterocycles. The van der Waals surface area contributed by atoms with Crippen LogP contribution in [0.3, 0.4) is 0 Å². The fourth-order valence-corrected chi connectivity index (χ4v) is 2.37. The van der Waals surface area contributed by atoms with E-state index in [0.29, 0.717) is 22.1 Å². The zero-order chi connectivity index (χ0) is 18.6. The van der Waals surface area contributed by atoms with Crippen molar-refractivity contribution in [1.82, 2.24) is 0 Å². The normalized spacial score (nSPS) is 10.9. The maximum absolute atomic E-state index is 12.1. The van der Waals surface area contributed by atoms with Crippen LogP contribution >= 0.6 is 11.6 Å². The van der Waals surface area contributed by atoms with Gasteiger partial charge in [-0.2, -0.15) is 0 Å². The lowest BCUT2D eigenvalue weighted by Gasteiger charge is -2.19. The molecule has 0 fully saturated rings. The molecule has 0 aliphatic heterocycles. The molecule has 0 unspecified atom stereocenters. The molecule has 0 saturated heterocycles. The Hall–Kier alpha value is -2.53. The Morgan fingerprint density at radius 3 is 2.12 bits per heavy atom. The Balaban J connectivity index is 2.06. The quantitative estimate of drug-likeness (QED) is 0.805. The molecule has 6 heteroatoms. The van der Waals surface area contributed by atoms with Crippen molar-refractivity contribution in [3.8, 4) is 5.75 Å². The van der Waals surface area contributed by atoms with Gasteiger partial charge in [0.15, 0.2) is 0 Å². The SMILES string of the molecule is COc1ccc(Cl)cc1NC(=O)C(=O)Nc1ccc(C(C)(C)C)cc1. The molecular formula is C19H21ClN2O3. The van der Waals surface area contributed by atoms with Gasteiger partial charge >= 0.3 is 11.8 Å². The zero-order valence-corrected chi connectivity index (χ0v) is 15.4. The van der Waals surface area contributed by atoms with Crippen LogP contribution < -0.4 is 15.4 Å². The van der Waals surface area contributed by atoms with Crippen molar-refractivity contribution in [3.63, 3.8) is 0 Å². The molecular weight excluding hydrogens is 340 g/mol. The number of rotatable bonds is 3. The van der Waals surface area contributed by atoms with E-state index in [-0.39, 0.29) is 5.41 Å². The lowest BCUT2D eigenvalue weighted by Crippen LogP contribution is -2.29. The van der Waals surface area contributed by atoms with Crippen molar-refractivity contribution in [3.05, 3.63) is 53.1 Å². The maximum Gasteiger partial charge on any atom is 0.314 e. The molecule has 0 bridgehead atoms. The third-order valence-electron chi connectivity index (χ3n) is 3.62. The van der Waals surface area contributed by atoms with Crippen LogP contribution in [0.2, 0.25) is 5.02 Å². The number of amides is 2. The Morgan fingerprint density at radius 2 is 1.56 bits per heavy atom. The number of ether oxygens (including phenoxy) is 1. The molecule has 0 saturated carbocycles. The van der Waals surface area contributed by atoms with Gasteiger partial charge in [0, 0.05) is 10.7 Å². The summed E-state index contributed by atoms with van der Waals surface area (Å²) in [4.78, 5) is 24.2. The summed E-state index contributed by atoms with van der Waals surface area (Å²) in [6, 6.07) is 12.1. The number of carbonyl (C=O) groups excluding carboxylic acids is 2. The van der Waals surface area contributed by atoms with E-state index in [1.165, 1.54) is 13.2 Å². The van der Waals surface area contributed by atoms with Gasteiger partial charge in [-0.05, 0) is 41.3 Å². The standard InChI is InChI=1S/C19H21ClN2O3/c1-19(2,3)12-5-8-14(9-6-12)21-17(23)18(24)22-15-11-13(20)7-10-16(15)25-4/h5-11H,1-4H3,(H,21,23)(H,22,24). The molecule has 5 nitrogen and oxygen atoms in total. The molecule has 2 N–H and O–H groups in total. The monoisotopic (exact) mass is 360 g/mol. The van der Waals surface area contributed by atoms with E-state index >= 15 is 0 Å². The van der Waals surface area contributed by atoms with Crippen molar-refractivity contribution in [1.29, 1.82) is 0 Å². The lowest BCUT2D eigenvalue weighted by molar-refractivity contribution is -0.133. The summed E-state index contributed by atoms with van der Waals surface area (Å²) in [5.74, 6) is -1.16. The molecule has 2 aromatic rings. The second-order valence-corrected chi connectivity index (χ2v) is 7.02. The predicted octanol–water partition coefficient (Wildman–Crippen LogP) is 4.22.